The van der Waals surface area contributed by atoms with Crippen molar-refractivity contribution in [3.05, 3.63) is 71.2 Å². The fraction of sp³-hybridized carbons (Fsp3) is 0.333. The molecule has 1 fully saturated rings. The number of nitrogens with one attached hydrogen (secondary N) is 1. The second-order valence-corrected chi connectivity index (χ2v) is 8.61. The molecule has 29 heavy (non-hydrogen) atoms. The van der Waals surface area contributed by atoms with Crippen molar-refractivity contribution in [2.75, 3.05) is 11.9 Å². The number of likely N-dealkylation sites (tertiary alicyclic amines) is 1. The summed E-state index contributed by atoms with van der Waals surface area (Å²) in [6.45, 7) is 4.48. The van der Waals surface area contributed by atoms with Gasteiger partial charge in [0, 0.05) is 29.2 Å². The van der Waals surface area contributed by atoms with E-state index in [1.807, 2.05) is 47.8 Å². The number of rotatable bonds is 6. The molecule has 0 saturated carbocycles. The molecule has 1 aliphatic heterocycles. The van der Waals surface area contributed by atoms with Crippen LogP contribution >= 0.6 is 11.3 Å². The van der Waals surface area contributed by atoms with Crippen LogP contribution in [-0.2, 0) is 17.8 Å². The van der Waals surface area contributed by atoms with Gasteiger partial charge in [0.05, 0.1) is 12.1 Å². The number of hydrogen-bond donors (Lipinski definition) is 1. The van der Waals surface area contributed by atoms with E-state index in [0.717, 1.165) is 28.5 Å². The lowest BCUT2D eigenvalue weighted by atomic mass is 10.0. The van der Waals surface area contributed by atoms with Gasteiger partial charge < -0.3 is 5.32 Å². The summed E-state index contributed by atoms with van der Waals surface area (Å²) < 4.78 is 0. The molecule has 1 aliphatic rings. The summed E-state index contributed by atoms with van der Waals surface area (Å²) in [5.74, 6) is -0.0349. The lowest BCUT2D eigenvalue weighted by molar-refractivity contribution is -0.115. The van der Waals surface area contributed by atoms with Crippen LogP contribution in [-0.4, -0.2) is 28.4 Å². The standard InChI is InChI=1S/C24H27N3OS/c1-18-7-5-6-14-27(18)16-19-10-12-21(13-11-19)25-23(28)15-22-17-29-24(26-22)20-8-3-2-4-9-20/h2-4,8-13,17-18H,5-7,14-16H2,1H3,(H,25,28). The van der Waals surface area contributed by atoms with E-state index in [2.05, 4.69) is 34.3 Å². The molecule has 3 aromatic rings. The maximum absolute atomic E-state index is 12.4. The van der Waals surface area contributed by atoms with Crippen LogP contribution in [0.1, 0.15) is 37.4 Å². The van der Waals surface area contributed by atoms with Crippen molar-refractivity contribution in [3.8, 4) is 10.6 Å². The van der Waals surface area contributed by atoms with Crippen LogP contribution in [0.5, 0.6) is 0 Å². The van der Waals surface area contributed by atoms with E-state index in [1.54, 1.807) is 11.3 Å². The van der Waals surface area contributed by atoms with Gasteiger partial charge in [0.2, 0.25) is 5.91 Å². The molecular formula is C24H27N3OS. The van der Waals surface area contributed by atoms with Gasteiger partial charge in [0.1, 0.15) is 5.01 Å². The Morgan fingerprint density at radius 2 is 1.93 bits per heavy atom. The number of carbonyl (C=O) groups excluding carboxylic acids is 1. The van der Waals surface area contributed by atoms with Crippen molar-refractivity contribution in [2.45, 2.75) is 45.2 Å². The minimum Gasteiger partial charge on any atom is -0.326 e. The van der Waals surface area contributed by atoms with Crippen molar-refractivity contribution < 1.29 is 4.79 Å². The fourth-order valence-electron chi connectivity index (χ4n) is 3.79. The van der Waals surface area contributed by atoms with E-state index >= 15 is 0 Å². The minimum absolute atomic E-state index is 0.0349. The summed E-state index contributed by atoms with van der Waals surface area (Å²) in [6, 6.07) is 18.9. The molecule has 1 unspecified atom stereocenters. The first-order chi connectivity index (χ1) is 14.2. The van der Waals surface area contributed by atoms with Crippen molar-refractivity contribution >= 4 is 22.9 Å². The van der Waals surface area contributed by atoms with Gasteiger partial charge in [-0.3, -0.25) is 9.69 Å². The first kappa shape index (κ1) is 19.8. The molecule has 1 aromatic heterocycles. The number of hydrogen-bond acceptors (Lipinski definition) is 4. The van der Waals surface area contributed by atoms with Crippen LogP contribution in [0.3, 0.4) is 0 Å². The van der Waals surface area contributed by atoms with Crippen molar-refractivity contribution in [3.63, 3.8) is 0 Å². The number of aromatic nitrogens is 1. The third-order valence-corrected chi connectivity index (χ3v) is 6.42. The van der Waals surface area contributed by atoms with Crippen LogP contribution in [0.25, 0.3) is 10.6 Å². The first-order valence-electron chi connectivity index (χ1n) is 10.3. The fourth-order valence-corrected chi connectivity index (χ4v) is 4.62. The molecule has 0 radical (unpaired) electrons. The van der Waals surface area contributed by atoms with E-state index in [4.69, 9.17) is 0 Å². The average Bonchev–Trinajstić information content (AvgIpc) is 3.20. The quantitative estimate of drug-likeness (QED) is 0.600. The Balaban J connectivity index is 1.31. The summed E-state index contributed by atoms with van der Waals surface area (Å²) in [5.41, 5.74) is 4.03. The molecule has 2 aromatic carbocycles. The van der Waals surface area contributed by atoms with Gasteiger partial charge in [-0.05, 0) is 44.0 Å². The van der Waals surface area contributed by atoms with E-state index in [-0.39, 0.29) is 12.3 Å². The molecule has 5 heteroatoms. The molecule has 4 rings (SSSR count). The zero-order chi connectivity index (χ0) is 20.1. The van der Waals surface area contributed by atoms with Crippen LogP contribution in [0.4, 0.5) is 5.69 Å². The number of amides is 1. The molecule has 1 saturated heterocycles. The molecule has 0 aliphatic carbocycles. The smallest absolute Gasteiger partial charge is 0.230 e. The molecule has 1 N–H and O–H groups in total. The Hall–Kier alpha value is -2.50. The SMILES string of the molecule is CC1CCCCN1Cc1ccc(NC(=O)Cc2csc(-c3ccccc3)n2)cc1. The van der Waals surface area contributed by atoms with Gasteiger partial charge in [-0.1, -0.05) is 48.9 Å². The van der Waals surface area contributed by atoms with E-state index in [1.165, 1.54) is 31.4 Å². The van der Waals surface area contributed by atoms with Crippen LogP contribution < -0.4 is 5.32 Å². The maximum Gasteiger partial charge on any atom is 0.230 e. The predicted octanol–water partition coefficient (Wildman–Crippen LogP) is 5.37. The van der Waals surface area contributed by atoms with Crippen LogP contribution in [0, 0.1) is 0 Å². The minimum atomic E-state index is -0.0349. The number of piperidine rings is 1. The Kier molecular flexibility index (Phi) is 6.37. The second kappa shape index (κ2) is 9.33. The van der Waals surface area contributed by atoms with Gasteiger partial charge in [-0.2, -0.15) is 0 Å². The van der Waals surface area contributed by atoms with Crippen LogP contribution in [0.15, 0.2) is 60.0 Å². The lowest BCUT2D eigenvalue weighted by Crippen LogP contribution is -2.36. The largest absolute Gasteiger partial charge is 0.326 e. The number of benzene rings is 2. The van der Waals surface area contributed by atoms with Gasteiger partial charge in [0.15, 0.2) is 0 Å². The zero-order valence-electron chi connectivity index (χ0n) is 16.8. The molecule has 0 bridgehead atoms. The van der Waals surface area contributed by atoms with Crippen molar-refractivity contribution in [2.24, 2.45) is 0 Å². The van der Waals surface area contributed by atoms with Crippen molar-refractivity contribution in [1.29, 1.82) is 0 Å². The Bertz CT molecular complexity index is 936. The first-order valence-corrected chi connectivity index (χ1v) is 11.2. The molecule has 150 valence electrons. The van der Waals surface area contributed by atoms with Gasteiger partial charge in [0.25, 0.3) is 0 Å². The third kappa shape index (κ3) is 5.31. The number of carbonyl (C=O) groups is 1. The highest BCUT2D eigenvalue weighted by Crippen LogP contribution is 2.24. The summed E-state index contributed by atoms with van der Waals surface area (Å²) in [4.78, 5) is 19.6. The van der Waals surface area contributed by atoms with Gasteiger partial charge in [-0.15, -0.1) is 11.3 Å². The van der Waals surface area contributed by atoms with Gasteiger partial charge in [-0.25, -0.2) is 4.98 Å². The number of nitrogens with zero attached hydrogens (tertiary/aromatic N) is 2. The highest BCUT2D eigenvalue weighted by Gasteiger charge is 2.18. The summed E-state index contributed by atoms with van der Waals surface area (Å²) in [5, 5.41) is 5.90. The summed E-state index contributed by atoms with van der Waals surface area (Å²) in [6.07, 6.45) is 4.21. The average molecular weight is 406 g/mol. The predicted molar refractivity (Wildman–Crippen MR) is 120 cm³/mol. The Labute approximate surface area is 176 Å². The normalized spacial score (nSPS) is 17.2. The monoisotopic (exact) mass is 405 g/mol. The molecular weight excluding hydrogens is 378 g/mol. The second-order valence-electron chi connectivity index (χ2n) is 7.75. The topological polar surface area (TPSA) is 45.2 Å². The Morgan fingerprint density at radius 1 is 1.14 bits per heavy atom. The summed E-state index contributed by atoms with van der Waals surface area (Å²) in [7, 11) is 0. The summed E-state index contributed by atoms with van der Waals surface area (Å²) >= 11 is 1.57. The molecule has 1 amide bonds. The number of anilines is 1. The molecule has 4 nitrogen and oxygen atoms in total. The Morgan fingerprint density at radius 3 is 2.69 bits per heavy atom. The highest BCUT2D eigenvalue weighted by molar-refractivity contribution is 7.13. The molecule has 2 heterocycles. The zero-order valence-corrected chi connectivity index (χ0v) is 17.6. The van der Waals surface area contributed by atoms with Gasteiger partial charge >= 0.3 is 0 Å². The molecule has 1 atom stereocenters. The van der Waals surface area contributed by atoms with E-state index < -0.39 is 0 Å². The van der Waals surface area contributed by atoms with Crippen molar-refractivity contribution in [1.82, 2.24) is 9.88 Å². The highest BCUT2D eigenvalue weighted by atomic mass is 32.1. The lowest BCUT2D eigenvalue weighted by Gasteiger charge is -2.33. The number of thiazole rings is 1. The van der Waals surface area contributed by atoms with E-state index in [9.17, 15) is 4.79 Å². The third-order valence-electron chi connectivity index (χ3n) is 5.48. The van der Waals surface area contributed by atoms with Crippen LogP contribution in [0.2, 0.25) is 0 Å². The van der Waals surface area contributed by atoms with E-state index in [0.29, 0.717) is 6.04 Å². The molecule has 0 spiro atoms. The maximum atomic E-state index is 12.4.